The van der Waals surface area contributed by atoms with Crippen LogP contribution in [0.2, 0.25) is 0 Å². The standard InChI is InChI=1S/C31H62O16P2.2Y/c1-20(2)45-23(18-43-48(38)41-14-10-6-5-8-12-24-21(3)27(34)29(36)25(16-32)46-24)19-44-49(39)42-15-11-7-9-13-40-31-22(4)28(35)30(37)26(17-33)47-31;;/h20-37,48-49H,5-19H2,1-4H3;;. The van der Waals surface area contributed by atoms with Gasteiger partial charge in [-0.05, 0) is 46.0 Å². The predicted octanol–water partition coefficient (Wildman–Crippen LogP) is 1.95. The van der Waals surface area contributed by atoms with Crippen LogP contribution in [0.5, 0.6) is 0 Å². The van der Waals surface area contributed by atoms with Gasteiger partial charge in [0, 0.05) is 83.9 Å². The molecule has 2 saturated heterocycles. The zero-order chi connectivity index (χ0) is 36.3. The molecular formula is C31H62O16P2Y2. The molecule has 2 heterocycles. The van der Waals surface area contributed by atoms with Crippen LogP contribution < -0.4 is 0 Å². The zero-order valence-electron chi connectivity index (χ0n) is 30.5. The third-order valence-corrected chi connectivity index (χ3v) is 10.4. The molecule has 2 rings (SSSR count). The van der Waals surface area contributed by atoms with Gasteiger partial charge in [0.15, 0.2) is 6.29 Å². The molecule has 13 atom stereocenters. The second kappa shape index (κ2) is 30.2. The van der Waals surface area contributed by atoms with Crippen molar-refractivity contribution in [3.63, 3.8) is 0 Å². The van der Waals surface area contributed by atoms with Crippen molar-refractivity contribution in [2.24, 2.45) is 11.8 Å². The van der Waals surface area contributed by atoms with Gasteiger partial charge in [0.05, 0.1) is 64.1 Å². The Morgan fingerprint density at radius 3 is 1.61 bits per heavy atom. The van der Waals surface area contributed by atoms with Crippen LogP contribution in [0.4, 0.5) is 0 Å². The van der Waals surface area contributed by atoms with E-state index in [0.29, 0.717) is 38.7 Å². The molecular weight excluding hydrogens is 868 g/mol. The number of aliphatic hydroxyl groups is 6. The van der Waals surface area contributed by atoms with Gasteiger partial charge in [0.2, 0.25) is 0 Å². The van der Waals surface area contributed by atoms with Gasteiger partial charge in [-0.2, -0.15) is 0 Å². The first-order valence-electron chi connectivity index (χ1n) is 17.5. The molecule has 20 heteroatoms. The van der Waals surface area contributed by atoms with Crippen LogP contribution in [0.25, 0.3) is 0 Å². The molecule has 2 aliphatic heterocycles. The summed E-state index contributed by atoms with van der Waals surface area (Å²) in [4.78, 5) is 0. The summed E-state index contributed by atoms with van der Waals surface area (Å²) < 4.78 is 68.5. The SMILES string of the molecule is CC(C)OC(CO[PH](=O)OCCCCCCC1OC(CO)C(O)C(O)C1C)CO[PH](=O)OCCCCCOC1OC(CO)C(O)C(O)C1C.[Y].[Y]. The van der Waals surface area contributed by atoms with Crippen LogP contribution in [0.3, 0.4) is 0 Å². The molecule has 6 N–H and O–H groups in total. The molecule has 0 spiro atoms. The molecule has 2 aliphatic rings. The smallest absolute Gasteiger partial charge is 0.319 e. The molecule has 0 aliphatic carbocycles. The number of hydrogen-bond acceptors (Lipinski definition) is 16. The van der Waals surface area contributed by atoms with Crippen LogP contribution in [0.15, 0.2) is 0 Å². The van der Waals surface area contributed by atoms with Crippen LogP contribution in [0.1, 0.15) is 79.1 Å². The molecule has 51 heavy (non-hydrogen) atoms. The van der Waals surface area contributed by atoms with Crippen molar-refractivity contribution in [3.8, 4) is 0 Å². The summed E-state index contributed by atoms with van der Waals surface area (Å²) >= 11 is 0. The minimum atomic E-state index is -2.79. The maximum atomic E-state index is 12.3. The molecule has 0 aromatic carbocycles. The summed E-state index contributed by atoms with van der Waals surface area (Å²) in [6.07, 6.45) is -1.85. The second-order valence-electron chi connectivity index (χ2n) is 13.1. The normalized spacial score (nSPS) is 31.4. The zero-order valence-corrected chi connectivity index (χ0v) is 38.1. The third kappa shape index (κ3) is 20.4. The fourth-order valence-electron chi connectivity index (χ4n) is 5.68. The first kappa shape index (κ1) is 53.1. The first-order chi connectivity index (χ1) is 23.4. The molecule has 0 aromatic rings. The summed E-state index contributed by atoms with van der Waals surface area (Å²) in [5, 5.41) is 58.9. The summed E-state index contributed by atoms with van der Waals surface area (Å²) in [6.45, 7) is 7.06. The van der Waals surface area contributed by atoms with E-state index in [1.54, 1.807) is 6.92 Å². The Bertz CT molecular complexity index is 861. The van der Waals surface area contributed by atoms with Crippen LogP contribution in [0, 0.1) is 11.8 Å². The number of rotatable bonds is 26. The van der Waals surface area contributed by atoms with E-state index in [2.05, 4.69) is 0 Å². The van der Waals surface area contributed by atoms with E-state index in [4.69, 9.17) is 37.0 Å². The molecule has 2 radical (unpaired) electrons. The number of ether oxygens (including phenoxy) is 4. The van der Waals surface area contributed by atoms with Gasteiger partial charge in [-0.1, -0.05) is 33.1 Å². The molecule has 0 aromatic heterocycles. The molecule has 0 amide bonds. The van der Waals surface area contributed by atoms with Gasteiger partial charge in [0.1, 0.15) is 30.5 Å². The monoisotopic (exact) mass is 930 g/mol. The average Bonchev–Trinajstić information content (AvgIpc) is 3.08. The van der Waals surface area contributed by atoms with Crippen molar-refractivity contribution in [1.29, 1.82) is 0 Å². The van der Waals surface area contributed by atoms with Crippen molar-refractivity contribution in [2.45, 2.75) is 140 Å². The Hall–Kier alpha value is 2.11. The van der Waals surface area contributed by atoms with Gasteiger partial charge < -0.3 is 67.7 Å². The average molecular weight is 931 g/mol. The van der Waals surface area contributed by atoms with Crippen LogP contribution >= 0.6 is 16.5 Å². The summed E-state index contributed by atoms with van der Waals surface area (Å²) in [6, 6.07) is 0. The van der Waals surface area contributed by atoms with E-state index >= 15 is 0 Å². The van der Waals surface area contributed by atoms with Crippen molar-refractivity contribution < 1.29 is 142 Å². The molecule has 0 bridgehead atoms. The van der Waals surface area contributed by atoms with Gasteiger partial charge in [-0.3, -0.25) is 9.13 Å². The Morgan fingerprint density at radius 2 is 1.08 bits per heavy atom. The molecule has 13 unspecified atom stereocenters. The summed E-state index contributed by atoms with van der Waals surface area (Å²) in [5.74, 6) is -0.692. The molecule has 0 saturated carbocycles. The quantitative estimate of drug-likeness (QED) is 0.0538. The van der Waals surface area contributed by atoms with E-state index in [0.717, 1.165) is 19.3 Å². The van der Waals surface area contributed by atoms with E-state index < -0.39 is 78.1 Å². The number of hydrogen-bond donors (Lipinski definition) is 6. The topological polar surface area (TPSA) is 229 Å². The Kier molecular flexibility index (Phi) is 31.5. The largest absolute Gasteiger partial charge is 0.394 e. The van der Waals surface area contributed by atoms with Crippen molar-refractivity contribution >= 4 is 16.5 Å². The molecule has 298 valence electrons. The third-order valence-electron chi connectivity index (χ3n) is 8.71. The number of aliphatic hydroxyl groups excluding tert-OH is 6. The fourth-order valence-corrected chi connectivity index (χ4v) is 7.11. The Morgan fingerprint density at radius 1 is 0.608 bits per heavy atom. The fraction of sp³-hybridized carbons (Fsp3) is 1.00. The Balaban J connectivity index is 0.0000125. The van der Waals surface area contributed by atoms with E-state index in [-0.39, 0.29) is 117 Å². The van der Waals surface area contributed by atoms with Gasteiger partial charge >= 0.3 is 16.5 Å². The minimum absolute atomic E-state index is 0. The van der Waals surface area contributed by atoms with Crippen molar-refractivity contribution in [1.82, 2.24) is 0 Å². The van der Waals surface area contributed by atoms with Crippen LogP contribution in [-0.4, -0.2) is 138 Å². The van der Waals surface area contributed by atoms with Gasteiger partial charge in [-0.25, -0.2) is 0 Å². The van der Waals surface area contributed by atoms with Crippen molar-refractivity contribution in [2.75, 3.05) is 46.2 Å². The summed E-state index contributed by atoms with van der Waals surface area (Å²) in [5.41, 5.74) is 0. The van der Waals surface area contributed by atoms with E-state index in [9.17, 15) is 39.8 Å². The molecule has 16 nitrogen and oxygen atoms in total. The first-order valence-corrected chi connectivity index (χ1v) is 20.0. The maximum Gasteiger partial charge on any atom is 0.319 e. The van der Waals surface area contributed by atoms with E-state index in [1.807, 2.05) is 20.8 Å². The van der Waals surface area contributed by atoms with Gasteiger partial charge in [0.25, 0.3) is 0 Å². The van der Waals surface area contributed by atoms with Crippen molar-refractivity contribution in [3.05, 3.63) is 0 Å². The molecule has 2 fully saturated rings. The summed E-state index contributed by atoms with van der Waals surface area (Å²) in [7, 11) is -5.57. The van der Waals surface area contributed by atoms with Gasteiger partial charge in [-0.15, -0.1) is 0 Å². The van der Waals surface area contributed by atoms with E-state index in [1.165, 1.54) is 0 Å². The second-order valence-corrected chi connectivity index (χ2v) is 15.2. The minimum Gasteiger partial charge on any atom is -0.394 e. The predicted molar refractivity (Wildman–Crippen MR) is 179 cm³/mol. The number of unbranched alkanes of at least 4 members (excludes halogenated alkanes) is 5. The maximum absolute atomic E-state index is 12.3. The van der Waals surface area contributed by atoms with Crippen LogP contribution in [-0.2, 0) is 112 Å². The Labute approximate surface area is 354 Å².